The first-order chi connectivity index (χ1) is 11.1. The van der Waals surface area contributed by atoms with E-state index >= 15 is 0 Å². The summed E-state index contributed by atoms with van der Waals surface area (Å²) in [6.45, 7) is 2.16. The van der Waals surface area contributed by atoms with Crippen molar-refractivity contribution in [1.82, 2.24) is 4.90 Å². The zero-order chi connectivity index (χ0) is 16.4. The molecule has 3 aromatic rings. The first kappa shape index (κ1) is 15.8. The molecule has 3 rings (SSSR count). The van der Waals surface area contributed by atoms with E-state index < -0.39 is 0 Å². The van der Waals surface area contributed by atoms with Crippen molar-refractivity contribution < 1.29 is 4.79 Å². The summed E-state index contributed by atoms with van der Waals surface area (Å²) in [4.78, 5) is 15.7. The molecule has 0 aliphatic carbocycles. The van der Waals surface area contributed by atoms with E-state index in [0.29, 0.717) is 0 Å². The SMILES string of the molecule is Cc1c(CC(C(=O)N(C)C)c2ccccc2)sc2ccccc12. The predicted octanol–water partition coefficient (Wildman–Crippen LogP) is 4.62. The smallest absolute Gasteiger partial charge is 0.229 e. The molecule has 2 nitrogen and oxygen atoms in total. The number of carbonyl (C=O) groups excluding carboxylic acids is 1. The maximum absolute atomic E-state index is 12.7. The van der Waals surface area contributed by atoms with Crippen molar-refractivity contribution >= 4 is 27.3 Å². The van der Waals surface area contributed by atoms with Crippen molar-refractivity contribution in [3.63, 3.8) is 0 Å². The van der Waals surface area contributed by atoms with Gasteiger partial charge in [0.05, 0.1) is 5.92 Å². The number of hydrogen-bond acceptors (Lipinski definition) is 2. The van der Waals surface area contributed by atoms with Gasteiger partial charge >= 0.3 is 0 Å². The quantitative estimate of drug-likeness (QED) is 0.686. The standard InChI is InChI=1S/C20H21NOS/c1-14-16-11-7-8-12-18(16)23-19(14)13-17(20(22)21(2)3)15-9-5-4-6-10-15/h4-12,17H,13H2,1-3H3. The van der Waals surface area contributed by atoms with Crippen molar-refractivity contribution in [3.8, 4) is 0 Å². The summed E-state index contributed by atoms with van der Waals surface area (Å²) in [5.74, 6) is 0.0334. The molecular weight excluding hydrogens is 302 g/mol. The highest BCUT2D eigenvalue weighted by Crippen LogP contribution is 2.34. The number of benzene rings is 2. The summed E-state index contributed by atoms with van der Waals surface area (Å²) in [7, 11) is 3.66. The molecule has 0 aliphatic heterocycles. The molecule has 0 fully saturated rings. The van der Waals surface area contributed by atoms with E-state index in [1.54, 1.807) is 16.2 Å². The summed E-state index contributed by atoms with van der Waals surface area (Å²) in [5.41, 5.74) is 2.39. The van der Waals surface area contributed by atoms with Crippen molar-refractivity contribution in [1.29, 1.82) is 0 Å². The second-order valence-corrected chi connectivity index (χ2v) is 7.18. The highest BCUT2D eigenvalue weighted by Gasteiger charge is 2.24. The number of thiophene rings is 1. The molecule has 118 valence electrons. The summed E-state index contributed by atoms with van der Waals surface area (Å²) >= 11 is 1.81. The Kier molecular flexibility index (Phi) is 4.49. The lowest BCUT2D eigenvalue weighted by Crippen LogP contribution is -2.29. The fraction of sp³-hybridized carbons (Fsp3) is 0.250. The van der Waals surface area contributed by atoms with E-state index in [2.05, 4.69) is 43.3 Å². The van der Waals surface area contributed by atoms with Crippen LogP contribution in [0.3, 0.4) is 0 Å². The number of fused-ring (bicyclic) bond motifs is 1. The Bertz CT molecular complexity index is 820. The summed E-state index contributed by atoms with van der Waals surface area (Å²) < 4.78 is 1.30. The molecule has 23 heavy (non-hydrogen) atoms. The number of amides is 1. The molecule has 1 atom stereocenters. The highest BCUT2D eigenvalue weighted by molar-refractivity contribution is 7.19. The lowest BCUT2D eigenvalue weighted by molar-refractivity contribution is -0.130. The van der Waals surface area contributed by atoms with Crippen LogP contribution in [0.1, 0.15) is 21.9 Å². The van der Waals surface area contributed by atoms with Crippen molar-refractivity contribution in [2.45, 2.75) is 19.3 Å². The topological polar surface area (TPSA) is 20.3 Å². The Morgan fingerprint density at radius 1 is 1.04 bits per heavy atom. The molecule has 1 heterocycles. The van der Waals surface area contributed by atoms with E-state index in [4.69, 9.17) is 0 Å². The van der Waals surface area contributed by atoms with Gasteiger partial charge in [-0.15, -0.1) is 11.3 Å². The van der Waals surface area contributed by atoms with E-state index in [9.17, 15) is 4.79 Å². The van der Waals surface area contributed by atoms with Crippen molar-refractivity contribution in [2.75, 3.05) is 14.1 Å². The minimum absolute atomic E-state index is 0.127. The molecule has 1 unspecified atom stereocenters. The second-order valence-electron chi connectivity index (χ2n) is 6.05. The molecule has 0 aliphatic rings. The molecule has 0 N–H and O–H groups in total. The van der Waals surface area contributed by atoms with Gasteiger partial charge in [0.2, 0.25) is 5.91 Å². The van der Waals surface area contributed by atoms with Gasteiger partial charge < -0.3 is 4.90 Å². The van der Waals surface area contributed by atoms with Gasteiger partial charge in [-0.25, -0.2) is 0 Å². The Hall–Kier alpha value is -2.13. The van der Waals surface area contributed by atoms with Gasteiger partial charge in [-0.05, 0) is 35.9 Å². The second kappa shape index (κ2) is 6.55. The van der Waals surface area contributed by atoms with Gasteiger partial charge in [0.25, 0.3) is 0 Å². The zero-order valence-corrected chi connectivity index (χ0v) is 14.6. The fourth-order valence-electron chi connectivity index (χ4n) is 2.95. The zero-order valence-electron chi connectivity index (χ0n) is 13.7. The van der Waals surface area contributed by atoms with E-state index in [0.717, 1.165) is 12.0 Å². The Morgan fingerprint density at radius 3 is 2.35 bits per heavy atom. The van der Waals surface area contributed by atoms with Crippen LogP contribution in [0.15, 0.2) is 54.6 Å². The van der Waals surface area contributed by atoms with Gasteiger partial charge in [-0.1, -0.05) is 48.5 Å². The minimum atomic E-state index is -0.127. The van der Waals surface area contributed by atoms with E-state index in [-0.39, 0.29) is 11.8 Å². The van der Waals surface area contributed by atoms with E-state index in [1.165, 1.54) is 20.5 Å². The van der Waals surface area contributed by atoms with Gasteiger partial charge in [0.1, 0.15) is 0 Å². The number of rotatable bonds is 4. The van der Waals surface area contributed by atoms with Crippen LogP contribution < -0.4 is 0 Å². The molecule has 0 radical (unpaired) electrons. The van der Waals surface area contributed by atoms with Gasteiger partial charge in [0, 0.05) is 23.7 Å². The minimum Gasteiger partial charge on any atom is -0.348 e. The lowest BCUT2D eigenvalue weighted by Gasteiger charge is -2.21. The number of aryl methyl sites for hydroxylation is 1. The van der Waals surface area contributed by atoms with Gasteiger partial charge in [0.15, 0.2) is 0 Å². The molecular formula is C20H21NOS. The molecule has 0 saturated carbocycles. The molecule has 3 heteroatoms. The van der Waals surface area contributed by atoms with E-state index in [1.807, 2.05) is 32.3 Å². The van der Waals surface area contributed by atoms with Crippen LogP contribution in [0.4, 0.5) is 0 Å². The van der Waals surface area contributed by atoms with Crippen LogP contribution in [0.2, 0.25) is 0 Å². The summed E-state index contributed by atoms with van der Waals surface area (Å²) in [6.07, 6.45) is 0.756. The number of nitrogens with zero attached hydrogens (tertiary/aromatic N) is 1. The molecule has 0 spiro atoms. The summed E-state index contributed by atoms with van der Waals surface area (Å²) in [5, 5.41) is 1.30. The van der Waals surface area contributed by atoms with Crippen LogP contribution in [0, 0.1) is 6.92 Å². The Balaban J connectivity index is 2.00. The van der Waals surface area contributed by atoms with Gasteiger partial charge in [-0.3, -0.25) is 4.79 Å². The van der Waals surface area contributed by atoms with Crippen LogP contribution >= 0.6 is 11.3 Å². The molecule has 0 bridgehead atoms. The first-order valence-electron chi connectivity index (χ1n) is 7.81. The largest absolute Gasteiger partial charge is 0.348 e. The van der Waals surface area contributed by atoms with Gasteiger partial charge in [-0.2, -0.15) is 0 Å². The maximum Gasteiger partial charge on any atom is 0.229 e. The lowest BCUT2D eigenvalue weighted by atomic mass is 9.92. The third kappa shape index (κ3) is 3.15. The van der Waals surface area contributed by atoms with Crippen LogP contribution in [0.25, 0.3) is 10.1 Å². The van der Waals surface area contributed by atoms with Crippen LogP contribution in [-0.4, -0.2) is 24.9 Å². The third-order valence-corrected chi connectivity index (χ3v) is 5.57. The summed E-state index contributed by atoms with van der Waals surface area (Å²) in [6, 6.07) is 18.6. The highest BCUT2D eigenvalue weighted by atomic mass is 32.1. The van der Waals surface area contributed by atoms with Crippen molar-refractivity contribution in [2.24, 2.45) is 0 Å². The predicted molar refractivity (Wildman–Crippen MR) is 98.1 cm³/mol. The van der Waals surface area contributed by atoms with Crippen molar-refractivity contribution in [3.05, 3.63) is 70.6 Å². The normalized spacial score (nSPS) is 12.3. The molecule has 1 aromatic heterocycles. The average Bonchev–Trinajstić information content (AvgIpc) is 2.89. The maximum atomic E-state index is 12.7. The number of carbonyl (C=O) groups is 1. The Labute approximate surface area is 141 Å². The average molecular weight is 323 g/mol. The number of likely N-dealkylation sites (N-methyl/N-ethyl adjacent to an activating group) is 1. The molecule has 1 amide bonds. The fourth-order valence-corrected chi connectivity index (χ4v) is 4.21. The molecule has 2 aromatic carbocycles. The number of hydrogen-bond donors (Lipinski definition) is 0. The van der Waals surface area contributed by atoms with Crippen LogP contribution in [-0.2, 0) is 11.2 Å². The van der Waals surface area contributed by atoms with Crippen LogP contribution in [0.5, 0.6) is 0 Å². The molecule has 0 saturated heterocycles. The monoisotopic (exact) mass is 323 g/mol. The third-order valence-electron chi connectivity index (χ3n) is 4.27. The first-order valence-corrected chi connectivity index (χ1v) is 8.62. The Morgan fingerprint density at radius 2 is 1.70 bits per heavy atom.